The number of nitrogens with zero attached hydrogens (tertiary/aromatic N) is 2. The Bertz CT molecular complexity index is 614. The van der Waals surface area contributed by atoms with E-state index in [0.29, 0.717) is 12.2 Å². The number of carbonyl (C=O) groups is 1. The molecule has 0 aliphatic carbocycles. The number of anilines is 1. The smallest absolute Gasteiger partial charge is 0.356 e. The molecule has 1 aromatic heterocycles. The van der Waals surface area contributed by atoms with Gasteiger partial charge in [0.2, 0.25) is 0 Å². The zero-order valence-corrected chi connectivity index (χ0v) is 11.7. The fraction of sp³-hybridized carbons (Fsp3) is 0.267. The van der Waals surface area contributed by atoms with E-state index in [-0.39, 0.29) is 18.3 Å². The largest absolute Gasteiger partial charge is 0.476 e. The van der Waals surface area contributed by atoms with Crippen LogP contribution in [0.15, 0.2) is 36.7 Å². The molecular weight excluding hydrogens is 270 g/mol. The second-order valence-corrected chi connectivity index (χ2v) is 4.75. The molecule has 0 aliphatic heterocycles. The van der Waals surface area contributed by atoms with Crippen LogP contribution in [-0.2, 0) is 6.42 Å². The van der Waals surface area contributed by atoms with Gasteiger partial charge in [0.1, 0.15) is 5.82 Å². The number of carboxylic acids is 1. The Labute approximate surface area is 122 Å². The van der Waals surface area contributed by atoms with Crippen molar-refractivity contribution in [1.82, 2.24) is 9.97 Å². The molecule has 110 valence electrons. The number of aliphatic hydroxyl groups excluding tert-OH is 1. The highest BCUT2D eigenvalue weighted by Gasteiger charge is 2.11. The molecule has 2 aromatic rings. The molecule has 0 fully saturated rings. The topological polar surface area (TPSA) is 95.3 Å². The normalized spacial score (nSPS) is 11.9. The predicted molar refractivity (Wildman–Crippen MR) is 78.4 cm³/mol. The fourth-order valence-electron chi connectivity index (χ4n) is 1.99. The van der Waals surface area contributed by atoms with Crippen molar-refractivity contribution in [2.75, 3.05) is 11.9 Å². The third-order valence-corrected chi connectivity index (χ3v) is 3.17. The molecule has 1 aromatic carbocycles. The lowest BCUT2D eigenvalue weighted by molar-refractivity contribution is 0.0690. The molecule has 1 unspecified atom stereocenters. The minimum atomic E-state index is -1.12. The Morgan fingerprint density at radius 1 is 1.29 bits per heavy atom. The number of carboxylic acid groups (broad SMARTS) is 1. The van der Waals surface area contributed by atoms with Gasteiger partial charge in [-0.25, -0.2) is 14.8 Å². The first-order valence-electron chi connectivity index (χ1n) is 6.57. The van der Waals surface area contributed by atoms with Crippen molar-refractivity contribution in [2.45, 2.75) is 19.4 Å². The molecule has 0 saturated heterocycles. The zero-order valence-electron chi connectivity index (χ0n) is 11.7. The Kier molecular flexibility index (Phi) is 4.84. The molecule has 0 saturated carbocycles. The molecule has 1 heterocycles. The van der Waals surface area contributed by atoms with E-state index in [1.165, 1.54) is 12.4 Å². The summed E-state index contributed by atoms with van der Waals surface area (Å²) in [7, 11) is 0. The van der Waals surface area contributed by atoms with Crippen molar-refractivity contribution in [2.24, 2.45) is 0 Å². The second-order valence-electron chi connectivity index (χ2n) is 4.75. The summed E-state index contributed by atoms with van der Waals surface area (Å²) in [5.74, 6) is -0.680. The number of hydrogen-bond donors (Lipinski definition) is 3. The van der Waals surface area contributed by atoms with Crippen molar-refractivity contribution < 1.29 is 15.0 Å². The standard InChI is InChI=1S/C15H17N3O3/c1-10-4-2-3-5-11(10)6-12(9-19)18-14-8-16-13(7-17-14)15(20)21/h2-5,7-8,12,19H,6,9H2,1H3,(H,17,18)(H,20,21). The van der Waals surface area contributed by atoms with Crippen molar-refractivity contribution in [3.63, 3.8) is 0 Å². The predicted octanol–water partition coefficient (Wildman–Crippen LogP) is 1.50. The maximum Gasteiger partial charge on any atom is 0.356 e. The maximum atomic E-state index is 10.7. The quantitative estimate of drug-likeness (QED) is 0.745. The lowest BCUT2D eigenvalue weighted by Gasteiger charge is -2.17. The minimum Gasteiger partial charge on any atom is -0.476 e. The van der Waals surface area contributed by atoms with E-state index in [0.717, 1.165) is 11.1 Å². The number of aliphatic hydroxyl groups is 1. The zero-order chi connectivity index (χ0) is 15.2. The van der Waals surface area contributed by atoms with E-state index in [4.69, 9.17) is 5.11 Å². The van der Waals surface area contributed by atoms with Crippen LogP contribution in [0.4, 0.5) is 5.82 Å². The second kappa shape index (κ2) is 6.81. The summed E-state index contributed by atoms with van der Waals surface area (Å²) in [6.45, 7) is 1.96. The lowest BCUT2D eigenvalue weighted by Crippen LogP contribution is -2.27. The maximum absolute atomic E-state index is 10.7. The molecule has 2 rings (SSSR count). The van der Waals surface area contributed by atoms with Crippen LogP contribution in [0, 0.1) is 6.92 Å². The molecule has 0 radical (unpaired) electrons. The average molecular weight is 287 g/mol. The van der Waals surface area contributed by atoms with E-state index in [9.17, 15) is 9.90 Å². The van der Waals surface area contributed by atoms with Crippen LogP contribution < -0.4 is 5.32 Å². The van der Waals surface area contributed by atoms with E-state index in [1.54, 1.807) is 0 Å². The van der Waals surface area contributed by atoms with Gasteiger partial charge in [-0.3, -0.25) is 0 Å². The summed E-state index contributed by atoms with van der Waals surface area (Å²) in [6, 6.07) is 7.75. The first-order chi connectivity index (χ1) is 10.1. The first kappa shape index (κ1) is 14.9. The molecule has 3 N–H and O–H groups in total. The van der Waals surface area contributed by atoms with Crippen LogP contribution >= 0.6 is 0 Å². The number of hydrogen-bond acceptors (Lipinski definition) is 5. The van der Waals surface area contributed by atoms with E-state index in [2.05, 4.69) is 15.3 Å². The molecule has 0 aliphatic rings. The van der Waals surface area contributed by atoms with Crippen LogP contribution in [0.3, 0.4) is 0 Å². The lowest BCUT2D eigenvalue weighted by atomic mass is 10.0. The number of aromatic nitrogens is 2. The molecule has 0 spiro atoms. The molecule has 0 amide bonds. The minimum absolute atomic E-state index is 0.0588. The SMILES string of the molecule is Cc1ccccc1CC(CO)Nc1cnc(C(=O)O)cn1. The first-order valence-corrected chi connectivity index (χ1v) is 6.57. The van der Waals surface area contributed by atoms with Gasteiger partial charge < -0.3 is 15.5 Å². The van der Waals surface area contributed by atoms with Gasteiger partial charge in [0.05, 0.1) is 25.0 Å². The van der Waals surface area contributed by atoms with Crippen molar-refractivity contribution in [3.8, 4) is 0 Å². The number of rotatable bonds is 6. The van der Waals surface area contributed by atoms with Gasteiger partial charge >= 0.3 is 5.97 Å². The van der Waals surface area contributed by atoms with Crippen LogP contribution in [0.1, 0.15) is 21.6 Å². The summed E-state index contributed by atoms with van der Waals surface area (Å²) >= 11 is 0. The third kappa shape index (κ3) is 4.00. The average Bonchev–Trinajstić information content (AvgIpc) is 2.49. The van der Waals surface area contributed by atoms with Gasteiger partial charge in [-0.1, -0.05) is 24.3 Å². The molecule has 0 bridgehead atoms. The Morgan fingerprint density at radius 2 is 2.05 bits per heavy atom. The number of nitrogens with one attached hydrogen (secondary N) is 1. The monoisotopic (exact) mass is 287 g/mol. The van der Waals surface area contributed by atoms with Crippen molar-refractivity contribution in [3.05, 3.63) is 53.5 Å². The summed E-state index contributed by atoms with van der Waals surface area (Å²) in [5.41, 5.74) is 2.18. The van der Waals surface area contributed by atoms with Gasteiger partial charge in [0.15, 0.2) is 5.69 Å². The van der Waals surface area contributed by atoms with E-state index in [1.807, 2.05) is 31.2 Å². The summed E-state index contributed by atoms with van der Waals surface area (Å²) in [6.07, 6.45) is 3.18. The highest BCUT2D eigenvalue weighted by Crippen LogP contribution is 2.12. The van der Waals surface area contributed by atoms with Crippen molar-refractivity contribution in [1.29, 1.82) is 0 Å². The van der Waals surface area contributed by atoms with E-state index >= 15 is 0 Å². The molecule has 6 heteroatoms. The van der Waals surface area contributed by atoms with E-state index < -0.39 is 5.97 Å². The number of benzene rings is 1. The van der Waals surface area contributed by atoms with Gasteiger partial charge in [-0.15, -0.1) is 0 Å². The molecule has 1 atom stereocenters. The number of aromatic carboxylic acids is 1. The number of aryl methyl sites for hydroxylation is 1. The fourth-order valence-corrected chi connectivity index (χ4v) is 1.99. The Morgan fingerprint density at radius 3 is 2.62 bits per heavy atom. The summed E-state index contributed by atoms with van der Waals surface area (Å²) in [5, 5.41) is 21.3. The summed E-state index contributed by atoms with van der Waals surface area (Å²) in [4.78, 5) is 18.5. The van der Waals surface area contributed by atoms with Crippen LogP contribution in [-0.4, -0.2) is 38.8 Å². The Balaban J connectivity index is 2.05. The third-order valence-electron chi connectivity index (χ3n) is 3.17. The van der Waals surface area contributed by atoms with Crippen LogP contribution in [0.5, 0.6) is 0 Å². The highest BCUT2D eigenvalue weighted by atomic mass is 16.4. The Hall–Kier alpha value is -2.47. The van der Waals surface area contributed by atoms with Crippen molar-refractivity contribution >= 4 is 11.8 Å². The van der Waals surface area contributed by atoms with Crippen LogP contribution in [0.25, 0.3) is 0 Å². The van der Waals surface area contributed by atoms with Gasteiger partial charge in [-0.2, -0.15) is 0 Å². The summed E-state index contributed by atoms with van der Waals surface area (Å²) < 4.78 is 0. The molecular formula is C15H17N3O3. The van der Waals surface area contributed by atoms with Gasteiger partial charge in [0.25, 0.3) is 0 Å². The van der Waals surface area contributed by atoms with Gasteiger partial charge in [0, 0.05) is 0 Å². The highest BCUT2D eigenvalue weighted by molar-refractivity contribution is 5.84. The van der Waals surface area contributed by atoms with Gasteiger partial charge in [-0.05, 0) is 24.5 Å². The van der Waals surface area contributed by atoms with Crippen LogP contribution in [0.2, 0.25) is 0 Å². The molecule has 21 heavy (non-hydrogen) atoms. The molecule has 6 nitrogen and oxygen atoms in total.